The SMILES string of the molecule is CCNC(=O)C1CCCCN1C(=O)C1CCCN1C(=O)CC(C)OC(=O)C1CCCN1. The first-order valence-corrected chi connectivity index (χ1v) is 11.7. The Morgan fingerprint density at radius 1 is 1.00 bits per heavy atom. The molecular formula is C22H36N4O5. The van der Waals surface area contributed by atoms with E-state index in [1.807, 2.05) is 6.92 Å². The summed E-state index contributed by atoms with van der Waals surface area (Å²) in [4.78, 5) is 54.2. The van der Waals surface area contributed by atoms with E-state index in [2.05, 4.69) is 10.6 Å². The number of likely N-dealkylation sites (N-methyl/N-ethyl adjacent to an activating group) is 1. The number of carbonyl (C=O) groups is 4. The molecule has 3 fully saturated rings. The molecule has 0 radical (unpaired) electrons. The number of esters is 1. The highest BCUT2D eigenvalue weighted by atomic mass is 16.5. The van der Waals surface area contributed by atoms with E-state index in [1.54, 1.807) is 16.7 Å². The maximum absolute atomic E-state index is 13.3. The van der Waals surface area contributed by atoms with Gasteiger partial charge in [-0.1, -0.05) is 0 Å². The number of carbonyl (C=O) groups excluding carboxylic acids is 4. The lowest BCUT2D eigenvalue weighted by atomic mass is 9.99. The van der Waals surface area contributed by atoms with Crippen molar-refractivity contribution in [3.05, 3.63) is 0 Å². The molecule has 3 aliphatic rings. The normalized spacial score (nSPS) is 27.1. The van der Waals surface area contributed by atoms with Crippen LogP contribution in [0, 0.1) is 0 Å². The molecule has 4 atom stereocenters. The average molecular weight is 437 g/mol. The van der Waals surface area contributed by atoms with Crippen LogP contribution in [0.25, 0.3) is 0 Å². The van der Waals surface area contributed by atoms with E-state index in [-0.39, 0.29) is 36.2 Å². The van der Waals surface area contributed by atoms with E-state index in [0.717, 1.165) is 38.6 Å². The average Bonchev–Trinajstić information content (AvgIpc) is 3.45. The Hall–Kier alpha value is -2.16. The lowest BCUT2D eigenvalue weighted by Crippen LogP contribution is -2.57. The van der Waals surface area contributed by atoms with E-state index in [0.29, 0.717) is 32.5 Å². The van der Waals surface area contributed by atoms with E-state index < -0.39 is 18.2 Å². The van der Waals surface area contributed by atoms with Gasteiger partial charge in [0.15, 0.2) is 0 Å². The Labute approximate surface area is 184 Å². The quantitative estimate of drug-likeness (QED) is 0.565. The number of likely N-dealkylation sites (tertiary alicyclic amines) is 2. The second kappa shape index (κ2) is 10.9. The monoisotopic (exact) mass is 436 g/mol. The van der Waals surface area contributed by atoms with Gasteiger partial charge in [-0.2, -0.15) is 0 Å². The van der Waals surface area contributed by atoms with Crippen LogP contribution < -0.4 is 10.6 Å². The molecule has 0 aromatic rings. The third-order valence-electron chi connectivity index (χ3n) is 6.42. The lowest BCUT2D eigenvalue weighted by Gasteiger charge is -2.38. The van der Waals surface area contributed by atoms with Crippen molar-refractivity contribution >= 4 is 23.7 Å². The van der Waals surface area contributed by atoms with Crippen LogP contribution in [0.5, 0.6) is 0 Å². The zero-order valence-corrected chi connectivity index (χ0v) is 18.7. The molecular weight excluding hydrogens is 400 g/mol. The summed E-state index contributed by atoms with van der Waals surface area (Å²) in [5, 5.41) is 5.92. The standard InChI is InChI=1S/C22H36N4O5/c1-3-23-20(28)17-9-4-5-12-26(17)21(29)18-10-7-13-25(18)19(27)14-15(2)31-22(30)16-8-6-11-24-16/h15-18,24H,3-14H2,1-2H3,(H,23,28). The number of amides is 3. The Bertz CT molecular complexity index is 679. The smallest absolute Gasteiger partial charge is 0.323 e. The second-order valence-corrected chi connectivity index (χ2v) is 8.78. The van der Waals surface area contributed by atoms with Gasteiger partial charge in [-0.15, -0.1) is 0 Å². The zero-order chi connectivity index (χ0) is 22.4. The Balaban J connectivity index is 1.58. The summed E-state index contributed by atoms with van der Waals surface area (Å²) in [6, 6.07) is -1.29. The fraction of sp³-hybridized carbons (Fsp3) is 0.818. The summed E-state index contributed by atoms with van der Waals surface area (Å²) in [5.41, 5.74) is 0. The second-order valence-electron chi connectivity index (χ2n) is 8.78. The van der Waals surface area contributed by atoms with Crippen LogP contribution in [0.1, 0.15) is 65.2 Å². The van der Waals surface area contributed by atoms with Crippen molar-refractivity contribution in [2.75, 3.05) is 26.2 Å². The van der Waals surface area contributed by atoms with Crippen molar-refractivity contribution in [2.45, 2.75) is 89.4 Å². The van der Waals surface area contributed by atoms with Gasteiger partial charge >= 0.3 is 5.97 Å². The maximum Gasteiger partial charge on any atom is 0.323 e. The van der Waals surface area contributed by atoms with Gasteiger partial charge in [-0.3, -0.25) is 19.2 Å². The fourth-order valence-corrected chi connectivity index (χ4v) is 4.84. The third-order valence-corrected chi connectivity index (χ3v) is 6.42. The molecule has 0 bridgehead atoms. The minimum Gasteiger partial charge on any atom is -0.461 e. The molecule has 0 aliphatic carbocycles. The molecule has 3 aliphatic heterocycles. The first kappa shape index (κ1) is 23.5. The van der Waals surface area contributed by atoms with Crippen molar-refractivity contribution in [3.63, 3.8) is 0 Å². The fourth-order valence-electron chi connectivity index (χ4n) is 4.84. The number of piperidine rings is 1. The molecule has 0 aromatic heterocycles. The first-order chi connectivity index (χ1) is 14.9. The molecule has 9 nitrogen and oxygen atoms in total. The van der Waals surface area contributed by atoms with Gasteiger partial charge in [0.1, 0.15) is 24.2 Å². The molecule has 3 amide bonds. The van der Waals surface area contributed by atoms with E-state index in [9.17, 15) is 19.2 Å². The largest absolute Gasteiger partial charge is 0.461 e. The number of nitrogens with one attached hydrogen (secondary N) is 2. The predicted molar refractivity (Wildman–Crippen MR) is 114 cm³/mol. The summed E-state index contributed by atoms with van der Waals surface area (Å²) < 4.78 is 5.45. The van der Waals surface area contributed by atoms with Gasteiger partial charge in [0, 0.05) is 19.6 Å². The van der Waals surface area contributed by atoms with Gasteiger partial charge in [-0.05, 0) is 65.3 Å². The van der Waals surface area contributed by atoms with Gasteiger partial charge in [0.2, 0.25) is 17.7 Å². The summed E-state index contributed by atoms with van der Waals surface area (Å²) in [6.45, 7) is 5.96. The van der Waals surface area contributed by atoms with Crippen molar-refractivity contribution in [3.8, 4) is 0 Å². The Kier molecular flexibility index (Phi) is 8.28. The van der Waals surface area contributed by atoms with Gasteiger partial charge in [-0.25, -0.2) is 0 Å². The third kappa shape index (κ3) is 5.75. The number of ether oxygens (including phenoxy) is 1. The van der Waals surface area contributed by atoms with E-state index in [1.165, 1.54) is 0 Å². The number of hydrogen-bond acceptors (Lipinski definition) is 6. The molecule has 0 spiro atoms. The van der Waals surface area contributed by atoms with E-state index in [4.69, 9.17) is 4.74 Å². The summed E-state index contributed by atoms with van der Waals surface area (Å²) >= 11 is 0. The molecule has 174 valence electrons. The lowest BCUT2D eigenvalue weighted by molar-refractivity contribution is -0.154. The maximum atomic E-state index is 13.3. The van der Waals surface area contributed by atoms with Crippen molar-refractivity contribution < 1.29 is 23.9 Å². The first-order valence-electron chi connectivity index (χ1n) is 11.7. The van der Waals surface area contributed by atoms with E-state index >= 15 is 0 Å². The molecule has 31 heavy (non-hydrogen) atoms. The zero-order valence-electron chi connectivity index (χ0n) is 18.7. The van der Waals surface area contributed by atoms with Gasteiger partial charge < -0.3 is 25.2 Å². The van der Waals surface area contributed by atoms with Crippen LogP contribution >= 0.6 is 0 Å². The molecule has 9 heteroatoms. The highest BCUT2D eigenvalue weighted by Gasteiger charge is 2.41. The molecule has 3 heterocycles. The van der Waals surface area contributed by atoms with Gasteiger partial charge in [0.05, 0.1) is 6.42 Å². The minimum absolute atomic E-state index is 0.0575. The molecule has 3 saturated heterocycles. The number of nitrogens with zero attached hydrogens (tertiary/aromatic N) is 2. The molecule has 0 aromatic carbocycles. The molecule has 4 unspecified atom stereocenters. The van der Waals surface area contributed by atoms with Gasteiger partial charge in [0.25, 0.3) is 0 Å². The number of rotatable bonds is 7. The van der Waals surface area contributed by atoms with Crippen LogP contribution in [-0.2, 0) is 23.9 Å². The highest BCUT2D eigenvalue weighted by molar-refractivity contribution is 5.92. The van der Waals surface area contributed by atoms with Crippen molar-refractivity contribution in [1.29, 1.82) is 0 Å². The minimum atomic E-state index is -0.545. The summed E-state index contributed by atoms with van der Waals surface area (Å²) in [7, 11) is 0. The summed E-state index contributed by atoms with van der Waals surface area (Å²) in [6.07, 6.45) is 5.00. The van der Waals surface area contributed by atoms with Crippen molar-refractivity contribution in [2.24, 2.45) is 0 Å². The van der Waals surface area contributed by atoms with Crippen LogP contribution in [0.2, 0.25) is 0 Å². The topological polar surface area (TPSA) is 108 Å². The molecule has 2 N–H and O–H groups in total. The van der Waals surface area contributed by atoms with Crippen LogP contribution in [0.3, 0.4) is 0 Å². The van der Waals surface area contributed by atoms with Crippen molar-refractivity contribution in [1.82, 2.24) is 20.4 Å². The number of hydrogen-bond donors (Lipinski definition) is 2. The highest BCUT2D eigenvalue weighted by Crippen LogP contribution is 2.25. The Morgan fingerprint density at radius 2 is 1.74 bits per heavy atom. The molecule has 0 saturated carbocycles. The van der Waals surface area contributed by atoms with Crippen LogP contribution in [0.4, 0.5) is 0 Å². The Morgan fingerprint density at radius 3 is 2.45 bits per heavy atom. The predicted octanol–water partition coefficient (Wildman–Crippen LogP) is 0.568. The van der Waals surface area contributed by atoms with Crippen LogP contribution in [0.15, 0.2) is 0 Å². The van der Waals surface area contributed by atoms with Crippen LogP contribution in [-0.4, -0.2) is 83.9 Å². The summed E-state index contributed by atoms with van der Waals surface area (Å²) in [5.74, 6) is -0.749. The molecule has 3 rings (SSSR count).